The predicted octanol–water partition coefficient (Wildman–Crippen LogP) is 2.25. The minimum Gasteiger partial charge on any atom is -0.389 e. The number of hydrogen-bond donors (Lipinski definition) is 1. The van der Waals surface area contributed by atoms with Gasteiger partial charge in [0.25, 0.3) is 0 Å². The first-order valence-electron chi connectivity index (χ1n) is 6.30. The second kappa shape index (κ2) is 6.65. The van der Waals surface area contributed by atoms with Crippen LogP contribution in [0.4, 0.5) is 0 Å². The average Bonchev–Trinajstić information content (AvgIpc) is 2.98. The van der Waals surface area contributed by atoms with Crippen molar-refractivity contribution in [3.05, 3.63) is 52.2 Å². The van der Waals surface area contributed by atoms with Crippen molar-refractivity contribution in [3.63, 3.8) is 0 Å². The average molecular weight is 340 g/mol. The van der Waals surface area contributed by atoms with Crippen molar-refractivity contribution in [1.82, 2.24) is 4.31 Å². The number of benzene rings is 1. The molecule has 2 N–H and O–H groups in total. The fraction of sp³-hybridized carbons (Fsp3) is 0.214. The minimum atomic E-state index is -3.48. The minimum absolute atomic E-state index is 0.246. The van der Waals surface area contributed by atoms with Crippen LogP contribution in [0, 0.1) is 0 Å². The Hall–Kier alpha value is -1.28. The van der Waals surface area contributed by atoms with Crippen molar-refractivity contribution in [2.75, 3.05) is 13.6 Å². The number of nitrogens with zero attached hydrogens (tertiary/aromatic N) is 1. The smallest absolute Gasteiger partial charge is 0.242 e. The highest BCUT2D eigenvalue weighted by atomic mass is 32.2. The molecule has 0 unspecified atom stereocenters. The molecule has 0 fully saturated rings. The molecule has 2 aromatic rings. The third-order valence-electron chi connectivity index (χ3n) is 3.10. The van der Waals surface area contributed by atoms with Gasteiger partial charge < -0.3 is 5.73 Å². The summed E-state index contributed by atoms with van der Waals surface area (Å²) >= 11 is 6.48. The van der Waals surface area contributed by atoms with E-state index in [-0.39, 0.29) is 9.88 Å². The van der Waals surface area contributed by atoms with Gasteiger partial charge in [0.15, 0.2) is 0 Å². The molecule has 0 spiro atoms. The highest BCUT2D eigenvalue weighted by Gasteiger charge is 2.20. The largest absolute Gasteiger partial charge is 0.389 e. The summed E-state index contributed by atoms with van der Waals surface area (Å²) in [7, 11) is -1.89. The Morgan fingerprint density at radius 2 is 1.95 bits per heavy atom. The lowest BCUT2D eigenvalue weighted by atomic mass is 10.2. The number of nitrogens with two attached hydrogens (primary N) is 1. The van der Waals surface area contributed by atoms with Crippen LogP contribution in [0.15, 0.2) is 46.7 Å². The first kappa shape index (κ1) is 16.1. The maximum atomic E-state index is 12.4. The second-order valence-corrected chi connectivity index (χ2v) is 8.06. The molecule has 0 bridgehead atoms. The monoisotopic (exact) mass is 340 g/mol. The first-order valence-corrected chi connectivity index (χ1v) is 9.02. The lowest BCUT2D eigenvalue weighted by Crippen LogP contribution is -2.29. The topological polar surface area (TPSA) is 63.4 Å². The van der Waals surface area contributed by atoms with Crippen LogP contribution in [0.2, 0.25) is 0 Å². The van der Waals surface area contributed by atoms with E-state index in [0.717, 1.165) is 0 Å². The summed E-state index contributed by atoms with van der Waals surface area (Å²) in [6.45, 7) is 0.444. The second-order valence-electron chi connectivity index (χ2n) is 4.54. The third kappa shape index (κ3) is 3.88. The van der Waals surface area contributed by atoms with Crippen LogP contribution in [0.1, 0.15) is 10.4 Å². The molecule has 7 heteroatoms. The molecule has 21 heavy (non-hydrogen) atoms. The molecule has 1 heterocycles. The predicted molar refractivity (Wildman–Crippen MR) is 90.2 cm³/mol. The van der Waals surface area contributed by atoms with Crippen molar-refractivity contribution in [1.29, 1.82) is 0 Å². The summed E-state index contributed by atoms with van der Waals surface area (Å²) < 4.78 is 26.2. The van der Waals surface area contributed by atoms with Crippen molar-refractivity contribution in [3.8, 4) is 0 Å². The summed E-state index contributed by atoms with van der Waals surface area (Å²) in [6.07, 6.45) is 0.707. The van der Waals surface area contributed by atoms with Gasteiger partial charge in [-0.3, -0.25) is 0 Å². The van der Waals surface area contributed by atoms with Gasteiger partial charge in [-0.15, -0.1) is 11.3 Å². The van der Waals surface area contributed by atoms with Crippen molar-refractivity contribution >= 4 is 38.6 Å². The summed E-state index contributed by atoms with van der Waals surface area (Å²) in [5, 5.41) is 1.98. The third-order valence-corrected chi connectivity index (χ3v) is 6.14. The maximum Gasteiger partial charge on any atom is 0.242 e. The van der Waals surface area contributed by atoms with Gasteiger partial charge in [-0.1, -0.05) is 30.4 Å². The molecule has 112 valence electrons. The van der Waals surface area contributed by atoms with Crippen LogP contribution in [-0.4, -0.2) is 31.3 Å². The SMILES string of the molecule is CN(CCc1cccs1)S(=O)(=O)c1ccc(C(N)=S)cc1. The standard InChI is InChI=1S/C14H16N2O2S3/c1-16(9-8-12-3-2-10-20-12)21(17,18)13-6-4-11(5-7-13)14(15)19/h2-7,10H,8-9H2,1H3,(H2,15,19). The number of thiophene rings is 1. The normalized spacial score (nSPS) is 11.7. The zero-order chi connectivity index (χ0) is 15.5. The fourth-order valence-electron chi connectivity index (χ4n) is 1.81. The number of likely N-dealkylation sites (N-methyl/N-ethyl adjacent to an activating group) is 1. The highest BCUT2D eigenvalue weighted by molar-refractivity contribution is 7.89. The molecule has 0 amide bonds. The molecular weight excluding hydrogens is 324 g/mol. The number of thiocarbonyl (C=S) groups is 1. The van der Waals surface area contributed by atoms with Gasteiger partial charge in [0, 0.05) is 24.0 Å². The van der Waals surface area contributed by atoms with Gasteiger partial charge in [0.05, 0.1) is 4.90 Å². The van der Waals surface area contributed by atoms with Crippen molar-refractivity contribution in [2.24, 2.45) is 5.73 Å². The Bertz CT molecular complexity index is 707. The van der Waals surface area contributed by atoms with E-state index < -0.39 is 10.0 Å². The molecule has 1 aromatic carbocycles. The highest BCUT2D eigenvalue weighted by Crippen LogP contribution is 2.17. The van der Waals surface area contributed by atoms with E-state index in [1.807, 2.05) is 17.5 Å². The lowest BCUT2D eigenvalue weighted by Gasteiger charge is -2.17. The molecule has 0 radical (unpaired) electrons. The Balaban J connectivity index is 2.10. The van der Waals surface area contributed by atoms with Crippen LogP contribution in [0.25, 0.3) is 0 Å². The van der Waals surface area contributed by atoms with Gasteiger partial charge in [-0.2, -0.15) is 0 Å². The summed E-state index contributed by atoms with van der Waals surface area (Å²) in [4.78, 5) is 1.67. The van der Waals surface area contributed by atoms with Gasteiger partial charge in [0.2, 0.25) is 10.0 Å². The van der Waals surface area contributed by atoms with Gasteiger partial charge in [-0.05, 0) is 30.0 Å². The van der Waals surface area contributed by atoms with E-state index in [9.17, 15) is 8.42 Å². The Kier molecular flexibility index (Phi) is 5.10. The molecule has 0 atom stereocenters. The van der Waals surface area contributed by atoms with Gasteiger partial charge in [-0.25, -0.2) is 12.7 Å². The fourth-order valence-corrected chi connectivity index (χ4v) is 3.82. The maximum absolute atomic E-state index is 12.4. The van der Waals surface area contributed by atoms with Gasteiger partial charge in [0.1, 0.15) is 4.99 Å². The van der Waals surface area contributed by atoms with Crippen molar-refractivity contribution < 1.29 is 8.42 Å². The molecule has 0 aliphatic heterocycles. The van der Waals surface area contributed by atoms with Crippen LogP contribution < -0.4 is 5.73 Å². The van der Waals surface area contributed by atoms with Crippen LogP contribution >= 0.6 is 23.6 Å². The van der Waals surface area contributed by atoms with E-state index >= 15 is 0 Å². The number of rotatable bonds is 6. The van der Waals surface area contributed by atoms with E-state index in [4.69, 9.17) is 18.0 Å². The van der Waals surface area contributed by atoms with E-state index in [0.29, 0.717) is 18.5 Å². The van der Waals surface area contributed by atoms with Crippen molar-refractivity contribution in [2.45, 2.75) is 11.3 Å². The van der Waals surface area contributed by atoms with Crippen LogP contribution in [0.5, 0.6) is 0 Å². The van der Waals surface area contributed by atoms with E-state index in [1.165, 1.54) is 21.3 Å². The molecule has 0 aliphatic carbocycles. The van der Waals surface area contributed by atoms with E-state index in [2.05, 4.69) is 0 Å². The molecule has 4 nitrogen and oxygen atoms in total. The van der Waals surface area contributed by atoms with E-state index in [1.54, 1.807) is 30.5 Å². The van der Waals surface area contributed by atoms with Crippen LogP contribution in [0.3, 0.4) is 0 Å². The Morgan fingerprint density at radius 3 is 2.48 bits per heavy atom. The molecule has 1 aromatic heterocycles. The zero-order valence-corrected chi connectivity index (χ0v) is 14.0. The molecule has 0 saturated carbocycles. The van der Waals surface area contributed by atoms with Gasteiger partial charge >= 0.3 is 0 Å². The summed E-state index contributed by atoms with van der Waals surface area (Å²) in [5.74, 6) is 0. The number of hydrogen-bond acceptors (Lipinski definition) is 4. The lowest BCUT2D eigenvalue weighted by molar-refractivity contribution is 0.473. The Labute approximate surface area is 134 Å². The van der Waals surface area contributed by atoms with Crippen LogP contribution in [-0.2, 0) is 16.4 Å². The first-order chi connectivity index (χ1) is 9.91. The summed E-state index contributed by atoms with van der Waals surface area (Å²) in [6, 6.07) is 10.3. The zero-order valence-electron chi connectivity index (χ0n) is 11.5. The Morgan fingerprint density at radius 1 is 1.29 bits per heavy atom. The molecule has 0 saturated heterocycles. The summed E-state index contributed by atoms with van der Waals surface area (Å²) in [5.41, 5.74) is 6.16. The number of sulfonamides is 1. The molecule has 2 rings (SSSR count). The molecular formula is C14H16N2O2S3. The molecule has 0 aliphatic rings. The quantitative estimate of drug-likeness (QED) is 0.819.